The number of alkyl halides is 1. The van der Waals surface area contributed by atoms with Crippen molar-refractivity contribution in [2.24, 2.45) is 0 Å². The van der Waals surface area contributed by atoms with Gasteiger partial charge in [0.2, 0.25) is 10.0 Å². The third-order valence-corrected chi connectivity index (χ3v) is 6.86. The average molecular weight is 362 g/mol. The summed E-state index contributed by atoms with van der Waals surface area (Å²) in [5.41, 5.74) is 0.311. The van der Waals surface area contributed by atoms with Crippen molar-refractivity contribution in [3.63, 3.8) is 0 Å². The molecule has 6 heteroatoms. The molecule has 1 aliphatic rings. The fourth-order valence-corrected chi connectivity index (χ4v) is 4.80. The summed E-state index contributed by atoms with van der Waals surface area (Å²) in [4.78, 5) is 0. The maximum atomic E-state index is 12.5. The van der Waals surface area contributed by atoms with Crippen molar-refractivity contribution in [3.8, 4) is 0 Å². The fourth-order valence-electron chi connectivity index (χ4n) is 2.35. The van der Waals surface area contributed by atoms with Crippen LogP contribution in [0.1, 0.15) is 25.3 Å². The Morgan fingerprint density at radius 3 is 2.45 bits per heavy atom. The van der Waals surface area contributed by atoms with Crippen molar-refractivity contribution in [1.82, 2.24) is 4.72 Å². The van der Waals surface area contributed by atoms with E-state index in [1.54, 1.807) is 0 Å². The molecule has 0 radical (unpaired) electrons. The largest absolute Gasteiger partial charge is 0.381 e. The van der Waals surface area contributed by atoms with Crippen LogP contribution in [-0.4, -0.2) is 32.2 Å². The van der Waals surface area contributed by atoms with E-state index in [-0.39, 0.29) is 5.25 Å². The molecule has 1 atom stereocenters. The maximum Gasteiger partial charge on any atom is 0.215 e. The van der Waals surface area contributed by atoms with Crippen molar-refractivity contribution < 1.29 is 13.2 Å². The standard InChI is InChI=1S/C14H20BrNO3S/c1-14(11-15,12-5-3-2-4-6-12)16-20(17,18)13-7-9-19-10-8-13/h2-6,13,16H,7-11H2,1H3. The van der Waals surface area contributed by atoms with Gasteiger partial charge in [0.1, 0.15) is 0 Å². The molecule has 1 saturated heterocycles. The molecule has 0 aromatic heterocycles. The van der Waals surface area contributed by atoms with Gasteiger partial charge in [0.15, 0.2) is 0 Å². The summed E-state index contributed by atoms with van der Waals surface area (Å²) in [6, 6.07) is 9.63. The Bertz CT molecular complexity index is 529. The first-order valence-electron chi connectivity index (χ1n) is 6.70. The van der Waals surface area contributed by atoms with Crippen molar-refractivity contribution in [2.75, 3.05) is 18.5 Å². The fraction of sp³-hybridized carbons (Fsp3) is 0.571. The molecule has 1 aromatic carbocycles. The van der Waals surface area contributed by atoms with Crippen molar-refractivity contribution in [1.29, 1.82) is 0 Å². The monoisotopic (exact) mass is 361 g/mol. The van der Waals surface area contributed by atoms with Crippen LogP contribution in [0.3, 0.4) is 0 Å². The molecule has 1 aromatic rings. The zero-order valence-corrected chi connectivity index (χ0v) is 13.9. The predicted octanol–water partition coefficient (Wildman–Crippen LogP) is 2.40. The summed E-state index contributed by atoms with van der Waals surface area (Å²) in [5.74, 6) is 0. The van der Waals surface area contributed by atoms with Gasteiger partial charge in [0, 0.05) is 18.5 Å². The van der Waals surface area contributed by atoms with Crippen LogP contribution >= 0.6 is 15.9 Å². The van der Waals surface area contributed by atoms with Gasteiger partial charge in [-0.25, -0.2) is 13.1 Å². The smallest absolute Gasteiger partial charge is 0.215 e. The zero-order chi connectivity index (χ0) is 14.6. The zero-order valence-electron chi connectivity index (χ0n) is 11.5. The molecule has 0 saturated carbocycles. The normalized spacial score (nSPS) is 20.5. The lowest BCUT2D eigenvalue weighted by atomic mass is 9.96. The van der Waals surface area contributed by atoms with Crippen molar-refractivity contribution in [3.05, 3.63) is 35.9 Å². The van der Waals surface area contributed by atoms with Crippen LogP contribution in [0, 0.1) is 0 Å². The van der Waals surface area contributed by atoms with Crippen LogP contribution in [0.5, 0.6) is 0 Å². The molecule has 0 bridgehead atoms. The van der Waals surface area contributed by atoms with Gasteiger partial charge >= 0.3 is 0 Å². The number of nitrogens with one attached hydrogen (secondary N) is 1. The summed E-state index contributed by atoms with van der Waals surface area (Å²) in [5, 5.41) is 0.158. The summed E-state index contributed by atoms with van der Waals surface area (Å²) in [7, 11) is -3.36. The Morgan fingerprint density at radius 2 is 1.90 bits per heavy atom. The summed E-state index contributed by atoms with van der Waals surface area (Å²) in [6.07, 6.45) is 1.12. The molecule has 4 nitrogen and oxygen atoms in total. The molecule has 0 amide bonds. The minimum Gasteiger partial charge on any atom is -0.381 e. The van der Waals surface area contributed by atoms with Crippen LogP contribution in [0.2, 0.25) is 0 Å². The Hall–Kier alpha value is -0.430. The van der Waals surface area contributed by atoms with E-state index in [1.807, 2.05) is 37.3 Å². The van der Waals surface area contributed by atoms with Crippen molar-refractivity contribution in [2.45, 2.75) is 30.6 Å². The SMILES string of the molecule is CC(CBr)(NS(=O)(=O)C1CCOCC1)c1ccccc1. The van der Waals surface area contributed by atoms with E-state index < -0.39 is 15.6 Å². The van der Waals surface area contributed by atoms with Gasteiger partial charge in [0.25, 0.3) is 0 Å². The van der Waals surface area contributed by atoms with Gasteiger partial charge in [-0.2, -0.15) is 0 Å². The highest BCUT2D eigenvalue weighted by atomic mass is 79.9. The summed E-state index contributed by atoms with van der Waals surface area (Å²) >= 11 is 3.43. The highest BCUT2D eigenvalue weighted by Gasteiger charge is 2.35. The lowest BCUT2D eigenvalue weighted by Gasteiger charge is -2.32. The van der Waals surface area contributed by atoms with E-state index in [9.17, 15) is 8.42 Å². The molecular formula is C14H20BrNO3S. The molecule has 1 aliphatic heterocycles. The Morgan fingerprint density at radius 1 is 1.30 bits per heavy atom. The minimum atomic E-state index is -3.36. The first kappa shape index (κ1) is 15.9. The average Bonchev–Trinajstić information content (AvgIpc) is 2.48. The predicted molar refractivity (Wildman–Crippen MR) is 83.5 cm³/mol. The molecule has 0 aliphatic carbocycles. The van der Waals surface area contributed by atoms with Gasteiger partial charge in [-0.1, -0.05) is 46.3 Å². The molecule has 20 heavy (non-hydrogen) atoms. The Balaban J connectivity index is 2.20. The third-order valence-electron chi connectivity index (χ3n) is 3.65. The van der Waals surface area contributed by atoms with E-state index in [4.69, 9.17) is 4.74 Å². The molecule has 112 valence electrons. The number of rotatable bonds is 5. The third kappa shape index (κ3) is 3.61. The van der Waals surface area contributed by atoms with Gasteiger partial charge in [-0.15, -0.1) is 0 Å². The Labute approximate surface area is 129 Å². The number of halogens is 1. The first-order valence-corrected chi connectivity index (χ1v) is 9.37. The van der Waals surface area contributed by atoms with Gasteiger partial charge in [-0.3, -0.25) is 0 Å². The van der Waals surface area contributed by atoms with Crippen LogP contribution in [0.4, 0.5) is 0 Å². The molecular weight excluding hydrogens is 342 g/mol. The minimum absolute atomic E-state index is 0.363. The van der Waals surface area contributed by atoms with E-state index >= 15 is 0 Å². The van der Waals surface area contributed by atoms with E-state index in [0.29, 0.717) is 31.4 Å². The number of sulfonamides is 1. The lowest BCUT2D eigenvalue weighted by molar-refractivity contribution is 0.0979. The molecule has 0 spiro atoms. The second-order valence-corrected chi connectivity index (χ2v) is 7.81. The first-order chi connectivity index (χ1) is 9.48. The molecule has 1 unspecified atom stereocenters. The molecule has 1 heterocycles. The number of hydrogen-bond acceptors (Lipinski definition) is 3. The van der Waals surface area contributed by atoms with E-state index in [0.717, 1.165) is 5.56 Å². The van der Waals surface area contributed by atoms with E-state index in [1.165, 1.54) is 0 Å². The van der Waals surface area contributed by atoms with Crippen molar-refractivity contribution >= 4 is 26.0 Å². The van der Waals surface area contributed by atoms with Gasteiger partial charge < -0.3 is 4.74 Å². The lowest BCUT2D eigenvalue weighted by Crippen LogP contribution is -2.49. The van der Waals surface area contributed by atoms with Crippen LogP contribution < -0.4 is 4.72 Å². The van der Waals surface area contributed by atoms with Crippen LogP contribution in [-0.2, 0) is 20.3 Å². The summed E-state index contributed by atoms with van der Waals surface area (Å²) < 4.78 is 33.2. The summed E-state index contributed by atoms with van der Waals surface area (Å²) in [6.45, 7) is 2.93. The van der Waals surface area contributed by atoms with E-state index in [2.05, 4.69) is 20.7 Å². The number of benzene rings is 1. The quantitative estimate of drug-likeness (QED) is 0.819. The number of ether oxygens (including phenoxy) is 1. The van der Waals surface area contributed by atoms with Crippen LogP contribution in [0.25, 0.3) is 0 Å². The molecule has 1 N–H and O–H groups in total. The van der Waals surface area contributed by atoms with Crippen LogP contribution in [0.15, 0.2) is 30.3 Å². The maximum absolute atomic E-state index is 12.5. The Kier molecular flexibility index (Phi) is 5.23. The molecule has 2 rings (SSSR count). The second kappa shape index (κ2) is 6.56. The topological polar surface area (TPSA) is 55.4 Å². The van der Waals surface area contributed by atoms with Gasteiger partial charge in [-0.05, 0) is 25.3 Å². The number of hydrogen-bond donors (Lipinski definition) is 1. The molecule has 1 fully saturated rings. The highest BCUT2D eigenvalue weighted by Crippen LogP contribution is 2.26. The second-order valence-electron chi connectivity index (χ2n) is 5.29. The highest BCUT2D eigenvalue weighted by molar-refractivity contribution is 9.09. The van der Waals surface area contributed by atoms with Gasteiger partial charge in [0.05, 0.1) is 10.8 Å².